The van der Waals surface area contributed by atoms with E-state index in [1.54, 1.807) is 0 Å². The van der Waals surface area contributed by atoms with Crippen LogP contribution >= 0.6 is 0 Å². The van der Waals surface area contributed by atoms with Crippen LogP contribution in [0.3, 0.4) is 0 Å². The van der Waals surface area contributed by atoms with E-state index in [0.717, 1.165) is 37.0 Å². The molecule has 0 spiro atoms. The average Bonchev–Trinajstić information content (AvgIpc) is 3.07. The van der Waals surface area contributed by atoms with Gasteiger partial charge in [-0.25, -0.2) is 4.98 Å². The summed E-state index contributed by atoms with van der Waals surface area (Å²) in [7, 11) is 0. The lowest BCUT2D eigenvalue weighted by Crippen LogP contribution is -2.50. The molecule has 1 aromatic heterocycles. The zero-order chi connectivity index (χ0) is 24.1. The molecule has 3 aromatic rings. The van der Waals surface area contributed by atoms with Crippen molar-refractivity contribution in [2.24, 2.45) is 5.73 Å². The van der Waals surface area contributed by atoms with Gasteiger partial charge in [-0.1, -0.05) is 68.1 Å². The minimum absolute atomic E-state index is 0.00840. The predicted octanol–water partition coefficient (Wildman–Crippen LogP) is 5.60. The van der Waals surface area contributed by atoms with Crippen molar-refractivity contribution in [3.05, 3.63) is 60.2 Å². The fraction of sp³-hybridized carbons (Fsp3) is 0.517. The summed E-state index contributed by atoms with van der Waals surface area (Å²) in [5.74, 6) is 0.671. The molecule has 186 valence electrons. The second-order valence-electron chi connectivity index (χ2n) is 10.3. The fourth-order valence-electron chi connectivity index (χ4n) is 6.35. The number of hydrogen-bond acceptors (Lipinski definition) is 4. The Morgan fingerprint density at radius 3 is 2.37 bits per heavy atom. The molecule has 0 radical (unpaired) electrons. The van der Waals surface area contributed by atoms with Gasteiger partial charge in [0.25, 0.3) is 0 Å². The lowest BCUT2D eigenvalue weighted by molar-refractivity contribution is -0.116. The Labute approximate surface area is 208 Å². The third-order valence-corrected chi connectivity index (χ3v) is 8.13. The Hall–Kier alpha value is -2.70. The van der Waals surface area contributed by atoms with Crippen molar-refractivity contribution in [3.8, 4) is 0 Å². The van der Waals surface area contributed by atoms with Gasteiger partial charge in [-0.2, -0.15) is 0 Å². The number of imidazole rings is 1. The van der Waals surface area contributed by atoms with E-state index in [4.69, 9.17) is 10.7 Å². The Bertz CT molecular complexity index is 1110. The first-order valence-corrected chi connectivity index (χ1v) is 13.5. The van der Waals surface area contributed by atoms with Crippen molar-refractivity contribution >= 4 is 22.9 Å². The first kappa shape index (κ1) is 24.0. The smallest absolute Gasteiger partial charge is 0.226 e. The summed E-state index contributed by atoms with van der Waals surface area (Å²) in [5, 5.41) is 3.09. The topological polar surface area (TPSA) is 76.2 Å². The van der Waals surface area contributed by atoms with Crippen LogP contribution in [0.5, 0.6) is 0 Å². The number of hydrogen-bond donors (Lipinski definition) is 2. The second kappa shape index (κ2) is 10.9. The standard InChI is InChI=1S/C29H39N5O/c30-20-10-15-27(35)32-28-31-25-13-6-7-14-26(25)34(28)24-16-21-33(22-17-24)29(18-8-1-2-9-19-29)23-11-4-3-5-12-23/h3-7,11-14,24H,1-2,8-10,15-22,30H2,(H,31,32,35). The number of anilines is 1. The highest BCUT2D eigenvalue weighted by atomic mass is 16.1. The monoisotopic (exact) mass is 473 g/mol. The van der Waals surface area contributed by atoms with Crippen molar-refractivity contribution in [1.29, 1.82) is 0 Å². The van der Waals surface area contributed by atoms with Gasteiger partial charge in [0.2, 0.25) is 11.9 Å². The van der Waals surface area contributed by atoms with Crippen molar-refractivity contribution in [3.63, 3.8) is 0 Å². The number of piperidine rings is 1. The third-order valence-electron chi connectivity index (χ3n) is 8.13. The summed E-state index contributed by atoms with van der Waals surface area (Å²) in [6, 6.07) is 19.8. The first-order chi connectivity index (χ1) is 17.2. The lowest BCUT2D eigenvalue weighted by Gasteiger charge is -2.48. The molecule has 1 aliphatic carbocycles. The van der Waals surface area contributed by atoms with Crippen molar-refractivity contribution in [2.75, 3.05) is 25.0 Å². The van der Waals surface area contributed by atoms with Crippen LogP contribution in [0.25, 0.3) is 11.0 Å². The van der Waals surface area contributed by atoms with Crippen LogP contribution in [0.2, 0.25) is 0 Å². The molecule has 6 heteroatoms. The first-order valence-electron chi connectivity index (χ1n) is 13.5. The van der Waals surface area contributed by atoms with Crippen LogP contribution in [-0.2, 0) is 10.3 Å². The zero-order valence-electron chi connectivity index (χ0n) is 20.8. The molecule has 0 unspecified atom stereocenters. The minimum Gasteiger partial charge on any atom is -0.330 e. The van der Waals surface area contributed by atoms with Gasteiger partial charge < -0.3 is 10.3 Å². The summed E-state index contributed by atoms with van der Waals surface area (Å²) < 4.78 is 2.29. The van der Waals surface area contributed by atoms with Crippen LogP contribution in [0.4, 0.5) is 5.95 Å². The van der Waals surface area contributed by atoms with Gasteiger partial charge >= 0.3 is 0 Å². The maximum atomic E-state index is 12.5. The number of nitrogens with zero attached hydrogens (tertiary/aromatic N) is 3. The van der Waals surface area contributed by atoms with E-state index in [2.05, 4.69) is 57.2 Å². The molecule has 3 N–H and O–H groups in total. The van der Waals surface area contributed by atoms with E-state index >= 15 is 0 Å². The number of likely N-dealkylation sites (tertiary alicyclic amines) is 1. The largest absolute Gasteiger partial charge is 0.330 e. The number of carbonyl (C=O) groups excluding carboxylic acids is 1. The molecule has 2 heterocycles. The van der Waals surface area contributed by atoms with Gasteiger partial charge in [-0.15, -0.1) is 0 Å². The summed E-state index contributed by atoms with van der Waals surface area (Å²) in [5.41, 5.74) is 9.29. The van der Waals surface area contributed by atoms with Crippen LogP contribution in [0.15, 0.2) is 54.6 Å². The van der Waals surface area contributed by atoms with E-state index in [0.29, 0.717) is 31.4 Å². The van der Waals surface area contributed by atoms with E-state index < -0.39 is 0 Å². The van der Waals surface area contributed by atoms with Crippen molar-refractivity contribution in [1.82, 2.24) is 14.5 Å². The molecule has 2 fully saturated rings. The van der Waals surface area contributed by atoms with E-state index in [1.165, 1.54) is 44.1 Å². The molecule has 0 atom stereocenters. The molecular weight excluding hydrogens is 434 g/mol. The summed E-state index contributed by atoms with van der Waals surface area (Å²) >= 11 is 0. The summed E-state index contributed by atoms with van der Waals surface area (Å²) in [6.07, 6.45) is 11.0. The number of amides is 1. The van der Waals surface area contributed by atoms with Gasteiger partial charge in [0, 0.05) is 31.1 Å². The number of para-hydroxylation sites is 2. The molecule has 35 heavy (non-hydrogen) atoms. The van der Waals surface area contributed by atoms with Crippen LogP contribution in [-0.4, -0.2) is 40.0 Å². The van der Waals surface area contributed by atoms with Crippen molar-refractivity contribution in [2.45, 2.75) is 75.8 Å². The Balaban J connectivity index is 1.39. The van der Waals surface area contributed by atoms with Gasteiger partial charge in [-0.3, -0.25) is 15.0 Å². The quantitative estimate of drug-likeness (QED) is 0.438. The maximum absolute atomic E-state index is 12.5. The van der Waals surface area contributed by atoms with Crippen LogP contribution in [0, 0.1) is 0 Å². The van der Waals surface area contributed by atoms with Crippen LogP contribution < -0.4 is 11.1 Å². The van der Waals surface area contributed by atoms with E-state index in [9.17, 15) is 4.79 Å². The number of carbonyl (C=O) groups is 1. The summed E-state index contributed by atoms with van der Waals surface area (Å²) in [6.45, 7) is 2.64. The number of nitrogens with one attached hydrogen (secondary N) is 1. The van der Waals surface area contributed by atoms with Crippen molar-refractivity contribution < 1.29 is 4.79 Å². The number of aromatic nitrogens is 2. The van der Waals surface area contributed by atoms with E-state index in [1.807, 2.05) is 12.1 Å². The molecule has 2 aromatic carbocycles. The maximum Gasteiger partial charge on any atom is 0.226 e. The third kappa shape index (κ3) is 5.00. The predicted molar refractivity (Wildman–Crippen MR) is 142 cm³/mol. The highest BCUT2D eigenvalue weighted by Gasteiger charge is 2.40. The molecule has 1 amide bonds. The van der Waals surface area contributed by atoms with Gasteiger partial charge in [0.05, 0.1) is 11.0 Å². The van der Waals surface area contributed by atoms with E-state index in [-0.39, 0.29) is 11.4 Å². The molecule has 1 saturated carbocycles. The molecule has 1 saturated heterocycles. The minimum atomic E-state index is -0.00840. The second-order valence-corrected chi connectivity index (χ2v) is 10.3. The fourth-order valence-corrected chi connectivity index (χ4v) is 6.35. The number of benzene rings is 2. The molecule has 1 aliphatic heterocycles. The van der Waals surface area contributed by atoms with Gasteiger partial charge in [0.15, 0.2) is 0 Å². The molecule has 2 aliphatic rings. The van der Waals surface area contributed by atoms with Crippen LogP contribution in [0.1, 0.15) is 75.8 Å². The molecule has 0 bridgehead atoms. The van der Waals surface area contributed by atoms with Gasteiger partial charge in [0.1, 0.15) is 0 Å². The number of fused-ring (bicyclic) bond motifs is 1. The molecule has 5 rings (SSSR count). The Kier molecular flexibility index (Phi) is 7.49. The molecular formula is C29H39N5O. The Morgan fingerprint density at radius 2 is 1.66 bits per heavy atom. The normalized spacial score (nSPS) is 19.5. The SMILES string of the molecule is NCCCC(=O)Nc1nc2ccccc2n1C1CCN(C2(c3ccccc3)CCCCCC2)CC1. The average molecular weight is 474 g/mol. The molecule has 6 nitrogen and oxygen atoms in total. The number of rotatable bonds is 7. The lowest BCUT2D eigenvalue weighted by atomic mass is 9.79. The zero-order valence-corrected chi connectivity index (χ0v) is 20.8. The Morgan fingerprint density at radius 1 is 0.971 bits per heavy atom. The highest BCUT2D eigenvalue weighted by Crippen LogP contribution is 2.44. The van der Waals surface area contributed by atoms with Gasteiger partial charge in [-0.05, 0) is 56.3 Å². The highest BCUT2D eigenvalue weighted by molar-refractivity contribution is 5.91. The summed E-state index contributed by atoms with van der Waals surface area (Å²) in [4.78, 5) is 20.1. The number of nitrogens with two attached hydrogens (primary N) is 1.